The Morgan fingerprint density at radius 2 is 1.15 bits per heavy atom. The monoisotopic (exact) mass is 549 g/mol. The van der Waals surface area contributed by atoms with Crippen molar-refractivity contribution in [3.8, 4) is 56.4 Å². The largest absolute Gasteiger partial charge is 0.456 e. The van der Waals surface area contributed by atoms with Crippen molar-refractivity contribution >= 4 is 23.1 Å². The summed E-state index contributed by atoms with van der Waals surface area (Å²) in [7, 11) is -3.44. The molecule has 8 rings (SSSR count). The van der Waals surface area contributed by atoms with Gasteiger partial charge < -0.3 is 14.0 Å². The maximum Gasteiger partial charge on any atom is 0.185 e. The van der Waals surface area contributed by atoms with E-state index in [-0.39, 0.29) is 0 Å². The highest BCUT2D eigenvalue weighted by Gasteiger charge is 2.47. The van der Waals surface area contributed by atoms with Gasteiger partial charge in [0.25, 0.3) is 0 Å². The van der Waals surface area contributed by atoms with Gasteiger partial charge >= 0.3 is 0 Å². The van der Waals surface area contributed by atoms with Crippen molar-refractivity contribution in [2.75, 3.05) is 0 Å². The maximum absolute atomic E-state index is 16.0. The number of fused-ring (bicyclic) bond motifs is 4. The average molecular weight is 550 g/mol. The zero-order valence-electron chi connectivity index (χ0n) is 22.2. The summed E-state index contributed by atoms with van der Waals surface area (Å²) >= 11 is 0. The zero-order chi connectivity index (χ0) is 27.6. The molecular weight excluding hydrogens is 525 g/mol. The molecule has 0 bridgehead atoms. The lowest BCUT2D eigenvalue weighted by Crippen LogP contribution is -2.35. The van der Waals surface area contributed by atoms with Crippen molar-refractivity contribution in [3.63, 3.8) is 0 Å². The zero-order valence-corrected chi connectivity index (χ0v) is 23.1. The number of nitrogens with zero attached hydrogens (tertiary/aromatic N) is 1. The Hall–Kier alpha value is -4.92. The molecule has 1 aromatic heterocycles. The van der Waals surface area contributed by atoms with Crippen LogP contribution < -0.4 is 25.4 Å². The second kappa shape index (κ2) is 9.05. The predicted molar refractivity (Wildman–Crippen MR) is 165 cm³/mol. The first kappa shape index (κ1) is 23.9. The van der Waals surface area contributed by atoms with Crippen molar-refractivity contribution in [1.29, 1.82) is 0 Å². The molecular formula is C36H24NO3P. The molecule has 0 aliphatic carbocycles. The number of hydrogen-bond donors (Lipinski definition) is 0. The fourth-order valence-electron chi connectivity index (χ4n) is 5.89. The first-order valence-corrected chi connectivity index (χ1v) is 15.3. The second-order valence-corrected chi connectivity index (χ2v) is 13.1. The lowest BCUT2D eigenvalue weighted by atomic mass is 10.0. The van der Waals surface area contributed by atoms with Crippen LogP contribution in [-0.2, 0) is 4.57 Å². The Balaban J connectivity index is 1.43. The third-order valence-electron chi connectivity index (χ3n) is 7.84. The van der Waals surface area contributed by atoms with Gasteiger partial charge in [0.1, 0.15) is 28.3 Å². The molecule has 3 heterocycles. The third kappa shape index (κ3) is 3.68. The number of pyridine rings is 1. The first-order chi connectivity index (χ1) is 20.1. The van der Waals surface area contributed by atoms with E-state index < -0.39 is 7.14 Å². The van der Waals surface area contributed by atoms with Crippen LogP contribution in [0.3, 0.4) is 0 Å². The highest BCUT2D eigenvalue weighted by Crippen LogP contribution is 2.60. The minimum atomic E-state index is -3.44. The molecule has 2 aliphatic rings. The summed E-state index contributed by atoms with van der Waals surface area (Å²) < 4.78 is 29.1. The lowest BCUT2D eigenvalue weighted by Gasteiger charge is -2.36. The van der Waals surface area contributed by atoms with E-state index >= 15 is 4.57 Å². The van der Waals surface area contributed by atoms with Crippen LogP contribution in [0.2, 0.25) is 0 Å². The Kier molecular flexibility index (Phi) is 5.28. The van der Waals surface area contributed by atoms with E-state index in [2.05, 4.69) is 35.3 Å². The van der Waals surface area contributed by atoms with Crippen LogP contribution in [0, 0.1) is 6.92 Å². The number of rotatable bonds is 3. The fraction of sp³-hybridized carbons (Fsp3) is 0.0278. The van der Waals surface area contributed by atoms with E-state index in [1.165, 1.54) is 0 Å². The molecule has 1 atom stereocenters. The normalized spacial score (nSPS) is 16.0. The van der Waals surface area contributed by atoms with E-state index in [1.807, 2.05) is 104 Å². The van der Waals surface area contributed by atoms with Crippen LogP contribution in [0.25, 0.3) is 33.4 Å². The van der Waals surface area contributed by atoms with Gasteiger partial charge in [0.2, 0.25) is 0 Å². The molecule has 1 unspecified atom stereocenters. The Bertz CT molecular complexity index is 1980. The second-order valence-electron chi connectivity index (χ2n) is 10.5. The molecule has 5 aromatic carbocycles. The number of aromatic nitrogens is 1. The SMILES string of the molecule is Cc1cncc(-c2ccc3c4c2Oc2ccc(-c5ccccc5)cc2P4(=O)c2cc(-c4ccccc4)ccc2O3)c1. The van der Waals surface area contributed by atoms with Crippen molar-refractivity contribution in [2.45, 2.75) is 6.92 Å². The van der Waals surface area contributed by atoms with Crippen molar-refractivity contribution in [3.05, 3.63) is 133 Å². The van der Waals surface area contributed by atoms with Crippen molar-refractivity contribution in [1.82, 2.24) is 4.98 Å². The van der Waals surface area contributed by atoms with Gasteiger partial charge in [-0.25, -0.2) is 0 Å². The summed E-state index contributed by atoms with van der Waals surface area (Å²) in [6.07, 6.45) is 3.64. The molecule has 41 heavy (non-hydrogen) atoms. The van der Waals surface area contributed by atoms with E-state index in [0.29, 0.717) is 38.9 Å². The summed E-state index contributed by atoms with van der Waals surface area (Å²) in [4.78, 5) is 4.42. The van der Waals surface area contributed by atoms with Gasteiger partial charge in [-0.2, -0.15) is 0 Å². The number of benzene rings is 5. The van der Waals surface area contributed by atoms with Gasteiger partial charge in [-0.3, -0.25) is 4.98 Å². The summed E-state index contributed by atoms with van der Waals surface area (Å²) in [6, 6.07) is 38.3. The van der Waals surface area contributed by atoms with Gasteiger partial charge in [-0.1, -0.05) is 72.8 Å². The third-order valence-corrected chi connectivity index (χ3v) is 10.9. The molecule has 5 heteroatoms. The van der Waals surface area contributed by atoms with E-state index in [1.54, 1.807) is 0 Å². The first-order valence-electron chi connectivity index (χ1n) is 13.5. The van der Waals surface area contributed by atoms with Gasteiger partial charge in [0.05, 0.1) is 10.6 Å². The van der Waals surface area contributed by atoms with Crippen LogP contribution in [-0.4, -0.2) is 4.98 Å². The molecule has 6 aromatic rings. The summed E-state index contributed by atoms with van der Waals surface area (Å²) in [5.41, 5.74) is 6.86. The van der Waals surface area contributed by atoms with E-state index in [9.17, 15) is 0 Å². The summed E-state index contributed by atoms with van der Waals surface area (Å²) in [5.74, 6) is 2.32. The van der Waals surface area contributed by atoms with Gasteiger partial charge in [-0.05, 0) is 77.2 Å². The van der Waals surface area contributed by atoms with Crippen molar-refractivity contribution in [2.24, 2.45) is 0 Å². The highest BCUT2D eigenvalue weighted by atomic mass is 31.2. The molecule has 4 nitrogen and oxygen atoms in total. The minimum Gasteiger partial charge on any atom is -0.456 e. The molecule has 0 N–H and O–H groups in total. The van der Waals surface area contributed by atoms with Gasteiger partial charge in [0, 0.05) is 23.5 Å². The molecule has 0 spiro atoms. The molecule has 0 radical (unpaired) electrons. The van der Waals surface area contributed by atoms with Crippen LogP contribution >= 0.6 is 7.14 Å². The van der Waals surface area contributed by atoms with Crippen LogP contribution in [0.15, 0.2) is 128 Å². The topological polar surface area (TPSA) is 48.4 Å². The quantitative estimate of drug-likeness (QED) is 0.208. The summed E-state index contributed by atoms with van der Waals surface area (Å²) in [6.45, 7) is 2.01. The Labute approximate surface area is 238 Å². The molecule has 0 fully saturated rings. The Morgan fingerprint density at radius 3 is 1.76 bits per heavy atom. The minimum absolute atomic E-state index is 0.559. The summed E-state index contributed by atoms with van der Waals surface area (Å²) in [5, 5.41) is 1.97. The molecule has 0 saturated heterocycles. The van der Waals surface area contributed by atoms with E-state index in [0.717, 1.165) is 38.9 Å². The lowest BCUT2D eigenvalue weighted by molar-refractivity contribution is 0.463. The number of aryl methyl sites for hydroxylation is 1. The molecule has 196 valence electrons. The van der Waals surface area contributed by atoms with Crippen LogP contribution in [0.5, 0.6) is 23.0 Å². The molecule has 0 amide bonds. The standard InChI is InChI=1S/C36H24NO3P/c1-23-18-28(22-37-21-23)29-14-17-32-36-35(29)40-31-16-13-27(25-10-6-3-7-11-25)20-34(31)41(36,38)33-19-26(12-15-30(33)39-32)24-8-4-2-5-9-24/h2-22H,1H3. The van der Waals surface area contributed by atoms with Crippen molar-refractivity contribution < 1.29 is 14.0 Å². The van der Waals surface area contributed by atoms with Crippen LogP contribution in [0.1, 0.15) is 5.56 Å². The number of hydrogen-bond acceptors (Lipinski definition) is 4. The number of ether oxygens (including phenoxy) is 2. The fourth-order valence-corrected chi connectivity index (χ4v) is 9.01. The molecule has 2 aliphatic heterocycles. The maximum atomic E-state index is 16.0. The van der Waals surface area contributed by atoms with Crippen LogP contribution in [0.4, 0.5) is 0 Å². The Morgan fingerprint density at radius 1 is 0.561 bits per heavy atom. The highest BCUT2D eigenvalue weighted by molar-refractivity contribution is 7.86. The average Bonchev–Trinajstić information content (AvgIpc) is 3.02. The van der Waals surface area contributed by atoms with E-state index in [4.69, 9.17) is 9.47 Å². The predicted octanol–water partition coefficient (Wildman–Crippen LogP) is 8.24. The molecule has 0 saturated carbocycles. The van der Waals surface area contributed by atoms with Gasteiger partial charge in [0.15, 0.2) is 7.14 Å². The van der Waals surface area contributed by atoms with Gasteiger partial charge in [-0.15, -0.1) is 0 Å². The smallest absolute Gasteiger partial charge is 0.185 e.